The number of nitrogens with one attached hydrogen (secondary N) is 1. The Labute approximate surface area is 225 Å². The molecule has 3 rings (SSSR count). The summed E-state index contributed by atoms with van der Waals surface area (Å²) in [7, 11) is -2.43. The molecule has 3 aromatic carbocycles. The van der Waals surface area contributed by atoms with Gasteiger partial charge in [0.25, 0.3) is 0 Å². The Morgan fingerprint density at radius 2 is 1.58 bits per heavy atom. The van der Waals surface area contributed by atoms with Crippen LogP contribution in [0.4, 0.5) is 5.69 Å². The average molecular weight is 538 g/mol. The molecule has 1 atom stereocenters. The number of hydrogen-bond donors (Lipinski definition) is 1. The van der Waals surface area contributed by atoms with Crippen LogP contribution in [-0.2, 0) is 32.6 Å². The number of carbonyl (C=O) groups excluding carboxylic acids is 2. The molecule has 0 aromatic heterocycles. The molecule has 0 aliphatic heterocycles. The van der Waals surface area contributed by atoms with Gasteiger partial charge in [-0.05, 0) is 42.7 Å². The van der Waals surface area contributed by atoms with Crippen molar-refractivity contribution in [2.24, 2.45) is 0 Å². The van der Waals surface area contributed by atoms with Crippen LogP contribution in [0.2, 0.25) is 0 Å². The Kier molecular flexibility index (Phi) is 9.90. The number of sulfonamides is 1. The highest BCUT2D eigenvalue weighted by molar-refractivity contribution is 7.92. The molecule has 0 spiro atoms. The number of amides is 2. The van der Waals surface area contributed by atoms with Gasteiger partial charge >= 0.3 is 0 Å². The molecule has 0 radical (unpaired) electrons. The lowest BCUT2D eigenvalue weighted by molar-refractivity contribution is -0.140. The molecule has 0 aliphatic carbocycles. The molecule has 0 aliphatic rings. The first kappa shape index (κ1) is 28.7. The molecular weight excluding hydrogens is 502 g/mol. The number of methoxy groups -OCH3 is 1. The van der Waals surface area contributed by atoms with E-state index < -0.39 is 28.5 Å². The van der Waals surface area contributed by atoms with E-state index in [-0.39, 0.29) is 24.6 Å². The molecule has 8 nitrogen and oxygen atoms in total. The number of rotatable bonds is 12. The zero-order chi connectivity index (χ0) is 27.7. The highest BCUT2D eigenvalue weighted by Gasteiger charge is 2.33. The molecular formula is C29H35N3O5S. The quantitative estimate of drug-likeness (QED) is 0.381. The summed E-state index contributed by atoms with van der Waals surface area (Å²) < 4.78 is 32.2. The molecule has 0 heterocycles. The maximum Gasteiger partial charge on any atom is 0.244 e. The number of para-hydroxylation sites is 2. The fourth-order valence-corrected chi connectivity index (χ4v) is 5.10. The Hall–Kier alpha value is -3.85. The molecule has 9 heteroatoms. The fraction of sp³-hybridized carbons (Fsp3) is 0.310. The van der Waals surface area contributed by atoms with Gasteiger partial charge in [0.2, 0.25) is 21.8 Å². The summed E-state index contributed by atoms with van der Waals surface area (Å²) in [5, 5.41) is 2.85. The Morgan fingerprint density at radius 1 is 0.947 bits per heavy atom. The largest absolute Gasteiger partial charge is 0.495 e. The van der Waals surface area contributed by atoms with Crippen LogP contribution in [0.5, 0.6) is 5.75 Å². The van der Waals surface area contributed by atoms with Gasteiger partial charge < -0.3 is 15.0 Å². The van der Waals surface area contributed by atoms with Crippen LogP contribution >= 0.6 is 0 Å². The highest BCUT2D eigenvalue weighted by Crippen LogP contribution is 2.30. The van der Waals surface area contributed by atoms with Gasteiger partial charge in [-0.25, -0.2) is 8.42 Å². The minimum atomic E-state index is -3.87. The summed E-state index contributed by atoms with van der Waals surface area (Å²) in [6, 6.07) is 22.8. The van der Waals surface area contributed by atoms with E-state index in [1.807, 2.05) is 68.4 Å². The van der Waals surface area contributed by atoms with Gasteiger partial charge in [0, 0.05) is 19.5 Å². The van der Waals surface area contributed by atoms with Crippen molar-refractivity contribution in [3.63, 3.8) is 0 Å². The van der Waals surface area contributed by atoms with E-state index in [0.29, 0.717) is 12.3 Å². The maximum atomic E-state index is 14.0. The van der Waals surface area contributed by atoms with E-state index >= 15 is 0 Å². The van der Waals surface area contributed by atoms with Crippen molar-refractivity contribution in [1.82, 2.24) is 10.2 Å². The van der Waals surface area contributed by atoms with E-state index in [2.05, 4.69) is 5.32 Å². The smallest absolute Gasteiger partial charge is 0.244 e. The second-order valence-electron chi connectivity index (χ2n) is 8.99. The Bertz CT molecular complexity index is 1350. The average Bonchev–Trinajstić information content (AvgIpc) is 2.90. The number of anilines is 1. The van der Waals surface area contributed by atoms with Crippen LogP contribution in [0.3, 0.4) is 0 Å². The number of likely N-dealkylation sites (N-methyl/N-ethyl adjacent to an activating group) is 1. The van der Waals surface area contributed by atoms with Gasteiger partial charge in [0.15, 0.2) is 0 Å². The van der Waals surface area contributed by atoms with E-state index in [9.17, 15) is 18.0 Å². The van der Waals surface area contributed by atoms with Crippen molar-refractivity contribution in [2.45, 2.75) is 32.9 Å². The van der Waals surface area contributed by atoms with Gasteiger partial charge in [0.05, 0.1) is 19.1 Å². The van der Waals surface area contributed by atoms with E-state index in [4.69, 9.17) is 4.74 Å². The van der Waals surface area contributed by atoms with Gasteiger partial charge in [-0.15, -0.1) is 0 Å². The lowest BCUT2D eigenvalue weighted by Crippen LogP contribution is -2.53. The van der Waals surface area contributed by atoms with Crippen molar-refractivity contribution < 1.29 is 22.7 Å². The number of benzene rings is 3. The molecule has 0 saturated heterocycles. The van der Waals surface area contributed by atoms with Crippen LogP contribution in [-0.4, -0.2) is 57.6 Å². The topological polar surface area (TPSA) is 96.0 Å². The predicted octanol–water partition coefficient (Wildman–Crippen LogP) is 3.55. The van der Waals surface area contributed by atoms with Crippen molar-refractivity contribution in [1.29, 1.82) is 0 Å². The summed E-state index contributed by atoms with van der Waals surface area (Å²) in [6.45, 7) is 3.80. The third-order valence-corrected chi connectivity index (χ3v) is 7.38. The van der Waals surface area contributed by atoms with Gasteiger partial charge in [-0.1, -0.05) is 66.7 Å². The third kappa shape index (κ3) is 7.35. The van der Waals surface area contributed by atoms with E-state index in [0.717, 1.165) is 27.3 Å². The molecule has 3 aromatic rings. The molecule has 0 bridgehead atoms. The normalized spacial score (nSPS) is 11.9. The minimum Gasteiger partial charge on any atom is -0.495 e. The SMILES string of the molecule is CCNC(=O)C(Cc1ccccc1)N(Cc1ccccc1C)C(=O)CN(c1ccccc1OC)S(C)(=O)=O. The summed E-state index contributed by atoms with van der Waals surface area (Å²) in [5.41, 5.74) is 2.96. The van der Waals surface area contributed by atoms with Crippen LogP contribution < -0.4 is 14.4 Å². The van der Waals surface area contributed by atoms with E-state index in [1.165, 1.54) is 12.0 Å². The summed E-state index contributed by atoms with van der Waals surface area (Å²) in [6.07, 6.45) is 1.32. The van der Waals surface area contributed by atoms with Crippen LogP contribution in [0.15, 0.2) is 78.9 Å². The molecule has 1 unspecified atom stereocenters. The van der Waals surface area contributed by atoms with E-state index in [1.54, 1.807) is 24.3 Å². The number of carbonyl (C=O) groups is 2. The Morgan fingerprint density at radius 3 is 2.21 bits per heavy atom. The van der Waals surface area contributed by atoms with Crippen LogP contribution in [0.25, 0.3) is 0 Å². The zero-order valence-corrected chi connectivity index (χ0v) is 23.1. The van der Waals surface area contributed by atoms with Gasteiger partial charge in [-0.2, -0.15) is 0 Å². The van der Waals surface area contributed by atoms with Crippen molar-refractivity contribution >= 4 is 27.5 Å². The molecule has 1 N–H and O–H groups in total. The number of aryl methyl sites for hydroxylation is 1. The number of hydrogen-bond acceptors (Lipinski definition) is 5. The maximum absolute atomic E-state index is 14.0. The van der Waals surface area contributed by atoms with Crippen molar-refractivity contribution in [2.75, 3.05) is 30.8 Å². The number of nitrogens with zero attached hydrogens (tertiary/aromatic N) is 2. The minimum absolute atomic E-state index is 0.143. The first-order valence-corrected chi connectivity index (χ1v) is 14.3. The standard InChI is InChI=1S/C29H35N3O5S/c1-5-30-29(34)26(19-23-14-7-6-8-15-23)31(20-24-16-10-9-13-22(24)2)28(33)21-32(38(4,35)36)25-17-11-12-18-27(25)37-3/h6-18,26H,5,19-21H2,1-4H3,(H,30,34). The third-order valence-electron chi connectivity index (χ3n) is 6.26. The van der Waals surface area contributed by atoms with Gasteiger partial charge in [0.1, 0.15) is 18.3 Å². The highest BCUT2D eigenvalue weighted by atomic mass is 32.2. The Balaban J connectivity index is 2.07. The molecule has 0 fully saturated rings. The van der Waals surface area contributed by atoms with Crippen LogP contribution in [0, 0.1) is 6.92 Å². The van der Waals surface area contributed by atoms with Gasteiger partial charge in [-0.3, -0.25) is 13.9 Å². The second-order valence-corrected chi connectivity index (χ2v) is 10.9. The lowest BCUT2D eigenvalue weighted by Gasteiger charge is -2.34. The summed E-state index contributed by atoms with van der Waals surface area (Å²) >= 11 is 0. The first-order chi connectivity index (χ1) is 18.2. The molecule has 38 heavy (non-hydrogen) atoms. The zero-order valence-electron chi connectivity index (χ0n) is 22.3. The molecule has 2 amide bonds. The molecule has 202 valence electrons. The van der Waals surface area contributed by atoms with Crippen LogP contribution in [0.1, 0.15) is 23.6 Å². The second kappa shape index (κ2) is 13.1. The monoisotopic (exact) mass is 537 g/mol. The predicted molar refractivity (Wildman–Crippen MR) is 150 cm³/mol. The lowest BCUT2D eigenvalue weighted by atomic mass is 10.0. The summed E-state index contributed by atoms with van der Waals surface area (Å²) in [4.78, 5) is 28.9. The molecule has 0 saturated carbocycles. The fourth-order valence-electron chi connectivity index (χ4n) is 4.25. The van der Waals surface area contributed by atoms with Crippen molar-refractivity contribution in [3.8, 4) is 5.75 Å². The summed E-state index contributed by atoms with van der Waals surface area (Å²) in [5.74, 6) is -0.487. The first-order valence-electron chi connectivity index (χ1n) is 12.4. The van der Waals surface area contributed by atoms with Crippen molar-refractivity contribution in [3.05, 3.63) is 95.6 Å². The number of ether oxygens (including phenoxy) is 1.